The summed E-state index contributed by atoms with van der Waals surface area (Å²) in [6, 6.07) is 1.98. The zero-order valence-electron chi connectivity index (χ0n) is 14.4. The van der Waals surface area contributed by atoms with Crippen LogP contribution in [0.25, 0.3) is 11.1 Å². The van der Waals surface area contributed by atoms with Gasteiger partial charge in [-0.2, -0.15) is 5.10 Å². The molecule has 134 valence electrons. The number of amides is 1. The molecule has 3 heterocycles. The van der Waals surface area contributed by atoms with Crippen molar-refractivity contribution in [1.82, 2.24) is 25.0 Å². The molecule has 1 saturated heterocycles. The monoisotopic (exact) mass is 345 g/mol. The third-order valence-electron chi connectivity index (χ3n) is 4.01. The smallest absolute Gasteiger partial charge is 0.407 e. The Morgan fingerprint density at radius 2 is 2.12 bits per heavy atom. The number of hydrogen-bond donors (Lipinski definition) is 1. The molecule has 0 spiro atoms. The van der Waals surface area contributed by atoms with Gasteiger partial charge in [0.05, 0.1) is 19.4 Å². The quantitative estimate of drug-likeness (QED) is 0.842. The van der Waals surface area contributed by atoms with Crippen LogP contribution in [0.3, 0.4) is 0 Å². The van der Waals surface area contributed by atoms with E-state index < -0.39 is 6.09 Å². The maximum atomic E-state index is 11.8. The number of alkyl carbamates (subject to hydrolysis) is 1. The van der Waals surface area contributed by atoms with Crippen molar-refractivity contribution in [3.63, 3.8) is 0 Å². The molecule has 0 bridgehead atoms. The predicted octanol–water partition coefficient (Wildman–Crippen LogP) is 1.04. The molecule has 1 aliphatic rings. The fraction of sp³-hybridized carbons (Fsp3) is 0.471. The van der Waals surface area contributed by atoms with E-state index in [1.165, 1.54) is 0 Å². The predicted molar refractivity (Wildman–Crippen MR) is 91.9 cm³/mol. The first-order chi connectivity index (χ1) is 12.2. The van der Waals surface area contributed by atoms with Gasteiger partial charge in [-0.3, -0.25) is 14.6 Å². The molecule has 1 N–H and O–H groups in total. The molecule has 0 unspecified atom stereocenters. The lowest BCUT2D eigenvalue weighted by Crippen LogP contribution is -2.39. The van der Waals surface area contributed by atoms with Crippen molar-refractivity contribution < 1.29 is 14.3 Å². The van der Waals surface area contributed by atoms with E-state index in [0.717, 1.165) is 49.5 Å². The molecule has 2 aromatic rings. The Labute approximate surface area is 146 Å². The van der Waals surface area contributed by atoms with Gasteiger partial charge in [-0.15, -0.1) is 0 Å². The fourth-order valence-corrected chi connectivity index (χ4v) is 2.63. The molecule has 0 aliphatic carbocycles. The van der Waals surface area contributed by atoms with Crippen molar-refractivity contribution in [2.24, 2.45) is 7.05 Å². The van der Waals surface area contributed by atoms with E-state index in [4.69, 9.17) is 9.47 Å². The molecule has 8 nitrogen and oxygen atoms in total. The summed E-state index contributed by atoms with van der Waals surface area (Å²) >= 11 is 0. The molecule has 0 radical (unpaired) electrons. The van der Waals surface area contributed by atoms with Gasteiger partial charge in [0.25, 0.3) is 0 Å². The number of nitrogens with one attached hydrogen (secondary N) is 1. The van der Waals surface area contributed by atoms with Gasteiger partial charge in [0, 0.05) is 62.9 Å². The summed E-state index contributed by atoms with van der Waals surface area (Å²) in [5, 5.41) is 6.91. The Kier molecular flexibility index (Phi) is 5.97. The molecule has 8 heteroatoms. The van der Waals surface area contributed by atoms with Gasteiger partial charge >= 0.3 is 6.09 Å². The van der Waals surface area contributed by atoms with Gasteiger partial charge in [0.1, 0.15) is 6.61 Å². The molecule has 0 atom stereocenters. The molecule has 25 heavy (non-hydrogen) atoms. The van der Waals surface area contributed by atoms with Crippen LogP contribution in [-0.4, -0.2) is 65.2 Å². The van der Waals surface area contributed by atoms with Crippen LogP contribution in [0.15, 0.2) is 30.9 Å². The lowest BCUT2D eigenvalue weighted by molar-refractivity contribution is 0.0281. The number of rotatable bonds is 6. The Balaban J connectivity index is 1.42. The summed E-state index contributed by atoms with van der Waals surface area (Å²) in [7, 11) is 1.87. The lowest BCUT2D eigenvalue weighted by Gasteiger charge is -2.26. The Morgan fingerprint density at radius 1 is 1.28 bits per heavy atom. The average molecular weight is 345 g/mol. The second kappa shape index (κ2) is 8.59. The van der Waals surface area contributed by atoms with Gasteiger partial charge < -0.3 is 14.8 Å². The van der Waals surface area contributed by atoms with Crippen molar-refractivity contribution in [3.05, 3.63) is 36.4 Å². The first-order valence-corrected chi connectivity index (χ1v) is 8.34. The SMILES string of the molecule is Cn1cc(-c2cncc(CNC(=O)OCCN3CCOCC3)c2)cn1. The van der Waals surface area contributed by atoms with Gasteiger partial charge in [-0.05, 0) is 11.6 Å². The van der Waals surface area contributed by atoms with Crippen LogP contribution in [0.1, 0.15) is 5.56 Å². The number of pyridine rings is 1. The highest BCUT2D eigenvalue weighted by Gasteiger charge is 2.11. The van der Waals surface area contributed by atoms with E-state index >= 15 is 0 Å². The highest BCUT2D eigenvalue weighted by molar-refractivity contribution is 5.67. The highest BCUT2D eigenvalue weighted by Crippen LogP contribution is 2.18. The van der Waals surface area contributed by atoms with E-state index in [9.17, 15) is 4.79 Å². The standard InChI is InChI=1S/C17H23N5O3/c1-21-13-16(12-20-21)15-8-14(9-18-11-15)10-19-17(23)25-7-4-22-2-5-24-6-3-22/h8-9,11-13H,2-7,10H2,1H3,(H,19,23). The molecule has 3 rings (SSSR count). The molecule has 2 aromatic heterocycles. The van der Waals surface area contributed by atoms with Gasteiger partial charge in [0.2, 0.25) is 0 Å². The number of aryl methyl sites for hydroxylation is 1. The van der Waals surface area contributed by atoms with Crippen LogP contribution < -0.4 is 5.32 Å². The normalized spacial score (nSPS) is 15.1. The summed E-state index contributed by atoms with van der Waals surface area (Å²) in [5.41, 5.74) is 2.87. The summed E-state index contributed by atoms with van der Waals surface area (Å²) in [5.74, 6) is 0. The number of aromatic nitrogens is 3. The average Bonchev–Trinajstić information content (AvgIpc) is 3.08. The van der Waals surface area contributed by atoms with Crippen molar-refractivity contribution in [2.75, 3.05) is 39.5 Å². The van der Waals surface area contributed by atoms with Crippen LogP contribution >= 0.6 is 0 Å². The zero-order valence-corrected chi connectivity index (χ0v) is 14.4. The summed E-state index contributed by atoms with van der Waals surface area (Å²) in [6.45, 7) is 4.74. The second-order valence-electron chi connectivity index (χ2n) is 5.93. The Bertz CT molecular complexity index is 697. The van der Waals surface area contributed by atoms with Gasteiger partial charge in [-0.1, -0.05) is 0 Å². The van der Waals surface area contributed by atoms with Crippen LogP contribution in [-0.2, 0) is 23.1 Å². The van der Waals surface area contributed by atoms with E-state index in [2.05, 4.69) is 20.3 Å². The first kappa shape index (κ1) is 17.4. The number of carbonyl (C=O) groups is 1. The van der Waals surface area contributed by atoms with Crippen LogP contribution in [0.4, 0.5) is 4.79 Å². The number of morpholine rings is 1. The number of ether oxygens (including phenoxy) is 2. The minimum Gasteiger partial charge on any atom is -0.448 e. The third-order valence-corrected chi connectivity index (χ3v) is 4.01. The number of nitrogens with zero attached hydrogens (tertiary/aromatic N) is 4. The van der Waals surface area contributed by atoms with E-state index in [0.29, 0.717) is 13.2 Å². The fourth-order valence-electron chi connectivity index (χ4n) is 2.63. The van der Waals surface area contributed by atoms with Crippen molar-refractivity contribution in [2.45, 2.75) is 6.54 Å². The van der Waals surface area contributed by atoms with Crippen molar-refractivity contribution in [3.8, 4) is 11.1 Å². The van der Waals surface area contributed by atoms with Gasteiger partial charge in [0.15, 0.2) is 0 Å². The van der Waals surface area contributed by atoms with Crippen LogP contribution in [0.5, 0.6) is 0 Å². The molecule has 0 saturated carbocycles. The third kappa shape index (κ3) is 5.27. The minimum atomic E-state index is -0.417. The first-order valence-electron chi connectivity index (χ1n) is 8.34. The molecular formula is C17H23N5O3. The zero-order chi connectivity index (χ0) is 17.5. The van der Waals surface area contributed by atoms with E-state index in [1.54, 1.807) is 23.3 Å². The Morgan fingerprint density at radius 3 is 2.88 bits per heavy atom. The van der Waals surface area contributed by atoms with E-state index in [-0.39, 0.29) is 0 Å². The maximum absolute atomic E-state index is 11.8. The topological polar surface area (TPSA) is 81.5 Å². The van der Waals surface area contributed by atoms with Crippen molar-refractivity contribution >= 4 is 6.09 Å². The number of carbonyl (C=O) groups excluding carboxylic acids is 1. The maximum Gasteiger partial charge on any atom is 0.407 e. The largest absolute Gasteiger partial charge is 0.448 e. The van der Waals surface area contributed by atoms with E-state index in [1.807, 2.05) is 19.3 Å². The summed E-state index contributed by atoms with van der Waals surface area (Å²) < 4.78 is 12.2. The van der Waals surface area contributed by atoms with Crippen LogP contribution in [0, 0.1) is 0 Å². The molecular weight excluding hydrogens is 322 g/mol. The Hall–Kier alpha value is -2.45. The minimum absolute atomic E-state index is 0.373. The number of hydrogen-bond acceptors (Lipinski definition) is 6. The second-order valence-corrected chi connectivity index (χ2v) is 5.93. The molecule has 0 aromatic carbocycles. The summed E-state index contributed by atoms with van der Waals surface area (Å²) in [4.78, 5) is 18.3. The molecule has 1 fully saturated rings. The van der Waals surface area contributed by atoms with Crippen molar-refractivity contribution in [1.29, 1.82) is 0 Å². The van der Waals surface area contributed by atoms with Gasteiger partial charge in [-0.25, -0.2) is 4.79 Å². The summed E-state index contributed by atoms with van der Waals surface area (Å²) in [6.07, 6.45) is 6.80. The van der Waals surface area contributed by atoms with Crippen LogP contribution in [0.2, 0.25) is 0 Å². The highest BCUT2D eigenvalue weighted by atomic mass is 16.5. The molecule has 1 aliphatic heterocycles. The molecule has 1 amide bonds. The lowest BCUT2D eigenvalue weighted by atomic mass is 10.1.